The van der Waals surface area contributed by atoms with E-state index in [1.54, 1.807) is 97.1 Å². The number of para-hydroxylation sites is 4. The van der Waals surface area contributed by atoms with Gasteiger partial charge in [0.25, 0.3) is 0 Å². The maximum Gasteiger partial charge on any atom is 2.00 e. The first-order valence-corrected chi connectivity index (χ1v) is 10.1. The van der Waals surface area contributed by atoms with Crippen LogP contribution in [-0.2, 0) is 17.1 Å². The molecular formula is C26H22CuN4O4. The van der Waals surface area contributed by atoms with Crippen LogP contribution >= 0.6 is 0 Å². The monoisotopic (exact) mass is 517 g/mol. The van der Waals surface area contributed by atoms with Gasteiger partial charge in [-0.1, -0.05) is 84.9 Å². The topological polar surface area (TPSA) is 156 Å². The molecule has 0 fully saturated rings. The van der Waals surface area contributed by atoms with E-state index >= 15 is 0 Å². The average Bonchev–Trinajstić information content (AvgIpc) is 2.83. The fourth-order valence-electron chi connectivity index (χ4n) is 2.93. The predicted molar refractivity (Wildman–Crippen MR) is 135 cm³/mol. The molecule has 0 aliphatic rings. The van der Waals surface area contributed by atoms with E-state index in [1.165, 1.54) is 0 Å². The van der Waals surface area contributed by atoms with Gasteiger partial charge in [0, 0.05) is 9.59 Å². The second-order valence-electron chi connectivity index (χ2n) is 6.95. The number of nitrogens with zero attached hydrogens (tertiary/aromatic N) is 2. The van der Waals surface area contributed by atoms with Gasteiger partial charge in [0.15, 0.2) is 0 Å². The van der Waals surface area contributed by atoms with Crippen molar-refractivity contribution in [1.29, 1.82) is 0 Å². The number of benzene rings is 4. The maximum atomic E-state index is 11.1. The van der Waals surface area contributed by atoms with Crippen LogP contribution in [0.15, 0.2) is 97.1 Å². The largest absolute Gasteiger partial charge is 2.00 e. The van der Waals surface area contributed by atoms with Gasteiger partial charge in [0.1, 0.15) is 11.1 Å². The van der Waals surface area contributed by atoms with E-state index in [4.69, 9.17) is 21.7 Å². The Morgan fingerprint density at radius 2 is 0.800 bits per heavy atom. The van der Waals surface area contributed by atoms with Crippen LogP contribution < -0.4 is 0 Å². The molecule has 1 radical (unpaired) electrons. The van der Waals surface area contributed by atoms with Crippen molar-refractivity contribution in [2.24, 2.45) is 0 Å². The van der Waals surface area contributed by atoms with Gasteiger partial charge in [-0.25, -0.2) is 0 Å². The molecule has 0 spiro atoms. The Balaban J connectivity index is 0.000000240. The van der Waals surface area contributed by atoms with E-state index in [-0.39, 0.29) is 28.2 Å². The fourth-order valence-corrected chi connectivity index (χ4v) is 2.93. The van der Waals surface area contributed by atoms with Gasteiger partial charge in [0.2, 0.25) is 0 Å². The van der Waals surface area contributed by atoms with E-state index in [9.17, 15) is 9.59 Å². The Bertz CT molecular complexity index is 1210. The van der Waals surface area contributed by atoms with Gasteiger partial charge in [-0.2, -0.15) is 22.7 Å². The molecule has 0 amide bonds. The summed E-state index contributed by atoms with van der Waals surface area (Å²) in [4.78, 5) is 22.2. The van der Waals surface area contributed by atoms with Crippen LogP contribution in [0.3, 0.4) is 0 Å². The number of rotatable bonds is 6. The summed E-state index contributed by atoms with van der Waals surface area (Å²) in [5.74, 6) is -1.54. The number of hydrogen-bond donors (Lipinski definition) is 0. The van der Waals surface area contributed by atoms with Crippen molar-refractivity contribution in [2.45, 2.75) is 0 Å². The normalized spacial score (nSPS) is 9.60. The molecule has 4 aromatic rings. The number of hydrogen-bond acceptors (Lipinski definition) is 2. The molecule has 0 aromatic heterocycles. The molecule has 0 aliphatic carbocycles. The van der Waals surface area contributed by atoms with Crippen molar-refractivity contribution < 1.29 is 36.9 Å². The first-order chi connectivity index (χ1) is 16.4. The second kappa shape index (κ2) is 12.7. The summed E-state index contributed by atoms with van der Waals surface area (Å²) in [5, 5.41) is 22.7. The molecule has 0 bridgehead atoms. The van der Waals surface area contributed by atoms with Crippen LogP contribution in [0, 0.1) is 0 Å². The van der Waals surface area contributed by atoms with Crippen molar-refractivity contribution in [3.8, 4) is 0 Å². The molecule has 181 valence electrons. The molecule has 0 saturated carbocycles. The van der Waals surface area contributed by atoms with Crippen LogP contribution in [0.4, 0.5) is 34.1 Å². The van der Waals surface area contributed by atoms with E-state index in [2.05, 4.69) is 10.6 Å². The third kappa shape index (κ3) is 7.26. The number of nitrogens with one attached hydrogen (secondary N) is 2. The molecule has 35 heavy (non-hydrogen) atoms. The van der Waals surface area contributed by atoms with Gasteiger partial charge in [-0.3, -0.25) is 0 Å². The maximum absolute atomic E-state index is 11.1. The molecule has 0 atom stereocenters. The minimum absolute atomic E-state index is 0. The smallest absolute Gasteiger partial charge is 0.700 e. The Labute approximate surface area is 213 Å². The van der Waals surface area contributed by atoms with Crippen molar-refractivity contribution in [3.63, 3.8) is 0 Å². The molecule has 0 saturated heterocycles. The van der Waals surface area contributed by atoms with Crippen molar-refractivity contribution >= 4 is 46.1 Å². The SMILES string of the molecule is [Cu+2].[NH-]c1ccccc1[N-]c1ccccc1C(=O)[OH2+].[NH-]c1ccccc1[N-]c1ccccc1C(=O)[OH2+]. The molecule has 4 aromatic carbocycles. The third-order valence-electron chi connectivity index (χ3n) is 4.59. The van der Waals surface area contributed by atoms with Crippen LogP contribution in [-0.4, -0.2) is 22.2 Å². The molecule has 6 N–H and O–H groups in total. The quantitative estimate of drug-likeness (QED) is 0.197. The summed E-state index contributed by atoms with van der Waals surface area (Å²) in [6.45, 7) is 0. The summed E-state index contributed by atoms with van der Waals surface area (Å²) in [6.07, 6.45) is 0. The van der Waals surface area contributed by atoms with Crippen LogP contribution in [0.5, 0.6) is 0 Å². The summed E-state index contributed by atoms with van der Waals surface area (Å²) in [5.41, 5.74) is 18.2. The van der Waals surface area contributed by atoms with Gasteiger partial charge in [-0.05, 0) is 12.1 Å². The summed E-state index contributed by atoms with van der Waals surface area (Å²) < 4.78 is 0. The second-order valence-corrected chi connectivity index (χ2v) is 6.95. The summed E-state index contributed by atoms with van der Waals surface area (Å²) in [6, 6.07) is 27.0. The molecule has 9 heteroatoms. The zero-order valence-corrected chi connectivity index (χ0v) is 19.2. The van der Waals surface area contributed by atoms with Gasteiger partial charge in [-0.15, -0.1) is 11.4 Å². The average molecular weight is 518 g/mol. The summed E-state index contributed by atoms with van der Waals surface area (Å²) >= 11 is 0. The Hall–Kier alpha value is -4.46. The fraction of sp³-hybridized carbons (Fsp3) is 0. The minimum atomic E-state index is -0.771. The van der Waals surface area contributed by atoms with Gasteiger partial charge in [0.05, 0.1) is 0 Å². The molecular weight excluding hydrogens is 496 g/mol. The van der Waals surface area contributed by atoms with Crippen LogP contribution in [0.1, 0.15) is 20.7 Å². The first kappa shape index (κ1) is 26.8. The van der Waals surface area contributed by atoms with Crippen LogP contribution in [0.25, 0.3) is 22.1 Å². The van der Waals surface area contributed by atoms with E-state index in [1.807, 2.05) is 0 Å². The molecule has 0 unspecified atom stereocenters. The molecule has 0 aliphatic heterocycles. The van der Waals surface area contributed by atoms with E-state index < -0.39 is 11.9 Å². The van der Waals surface area contributed by atoms with Crippen molar-refractivity contribution in [3.05, 3.63) is 130 Å². The molecule has 0 heterocycles. The Morgan fingerprint density at radius 3 is 1.11 bits per heavy atom. The van der Waals surface area contributed by atoms with E-state index in [0.29, 0.717) is 34.1 Å². The Kier molecular flexibility index (Phi) is 9.71. The number of carbonyl (C=O) groups is 2. The first-order valence-electron chi connectivity index (χ1n) is 10.1. The van der Waals surface area contributed by atoms with Gasteiger partial charge < -0.3 is 32.3 Å². The number of carbonyl (C=O) groups excluding carboxylic acids is 2. The standard InChI is InChI=1S/2C13H10N2O2.Cu/c2*14-10-6-2-4-8-12(10)15-11-7-3-1-5-9(11)13(16)17;/h2*1-8,14H,(H,16,17);/q2*-2;+2/p+2. The van der Waals surface area contributed by atoms with Gasteiger partial charge >= 0.3 is 29.0 Å². The Morgan fingerprint density at radius 1 is 0.514 bits per heavy atom. The third-order valence-corrected chi connectivity index (χ3v) is 4.59. The minimum Gasteiger partial charge on any atom is -0.700 e. The summed E-state index contributed by atoms with van der Waals surface area (Å²) in [7, 11) is 0. The van der Waals surface area contributed by atoms with Crippen LogP contribution in [0.2, 0.25) is 0 Å². The zero-order chi connectivity index (χ0) is 24.5. The molecule has 8 nitrogen and oxygen atoms in total. The van der Waals surface area contributed by atoms with Crippen molar-refractivity contribution in [2.75, 3.05) is 0 Å². The predicted octanol–water partition coefficient (Wildman–Crippen LogP) is 7.14. The van der Waals surface area contributed by atoms with E-state index in [0.717, 1.165) is 0 Å². The zero-order valence-electron chi connectivity index (χ0n) is 18.3. The molecule has 4 rings (SSSR count). The van der Waals surface area contributed by atoms with Crippen molar-refractivity contribution in [1.82, 2.24) is 0 Å².